The van der Waals surface area contributed by atoms with E-state index in [1.54, 1.807) is 0 Å². The van der Waals surface area contributed by atoms with Gasteiger partial charge in [-0.3, -0.25) is 4.79 Å². The summed E-state index contributed by atoms with van der Waals surface area (Å²) in [7, 11) is 1.84. The van der Waals surface area contributed by atoms with Crippen molar-refractivity contribution in [2.45, 2.75) is 20.3 Å². The summed E-state index contributed by atoms with van der Waals surface area (Å²) in [5.74, 6) is -0.0828. The van der Waals surface area contributed by atoms with Gasteiger partial charge in [0.2, 0.25) is 0 Å². The van der Waals surface area contributed by atoms with Gasteiger partial charge in [-0.2, -0.15) is 0 Å². The number of aromatic nitrogens is 2. The fraction of sp³-hybridized carbons (Fsp3) is 0.286. The van der Waals surface area contributed by atoms with Gasteiger partial charge in [-0.15, -0.1) is 0 Å². The first-order valence-corrected chi connectivity index (χ1v) is 6.70. The minimum absolute atomic E-state index is 0.0467. The highest BCUT2D eigenvalue weighted by atomic mass is 79.9. The summed E-state index contributed by atoms with van der Waals surface area (Å²) in [5.41, 5.74) is 3.97. The molecule has 100 valence electrons. The number of carbonyl (C=O) groups is 1. The van der Waals surface area contributed by atoms with Crippen LogP contribution in [0.5, 0.6) is 0 Å². The Balaban J connectivity index is 2.57. The zero-order valence-corrected chi connectivity index (χ0v) is 12.7. The highest BCUT2D eigenvalue weighted by molar-refractivity contribution is 9.10. The van der Waals surface area contributed by atoms with E-state index in [1.165, 1.54) is 0 Å². The highest BCUT2D eigenvalue weighted by Gasteiger charge is 2.17. The zero-order chi connectivity index (χ0) is 14.2. The predicted molar refractivity (Wildman–Crippen MR) is 77.2 cm³/mol. The summed E-state index contributed by atoms with van der Waals surface area (Å²) >= 11 is 3.34. The Labute approximate surface area is 120 Å². The minimum atomic E-state index is -0.865. The predicted octanol–water partition coefficient (Wildman–Crippen LogP) is 3.09. The summed E-state index contributed by atoms with van der Waals surface area (Å²) in [4.78, 5) is 15.3. The molecule has 1 N–H and O–H groups in total. The fourth-order valence-electron chi connectivity index (χ4n) is 2.05. The van der Waals surface area contributed by atoms with Crippen molar-refractivity contribution in [3.8, 4) is 11.4 Å². The van der Waals surface area contributed by atoms with Gasteiger partial charge in [0.15, 0.2) is 0 Å². The number of imidazole rings is 1. The second kappa shape index (κ2) is 5.17. The van der Waals surface area contributed by atoms with E-state index in [9.17, 15) is 4.79 Å². The van der Waals surface area contributed by atoms with E-state index in [0.717, 1.165) is 22.5 Å². The quantitative estimate of drug-likeness (QED) is 0.944. The number of carboxylic acid groups (broad SMARTS) is 1. The van der Waals surface area contributed by atoms with Crippen LogP contribution in [-0.2, 0) is 18.3 Å². The van der Waals surface area contributed by atoms with E-state index in [1.807, 2.05) is 31.5 Å². The molecule has 0 atom stereocenters. The summed E-state index contributed by atoms with van der Waals surface area (Å²) in [6.07, 6.45) is -0.0467. The third-order valence-electron chi connectivity index (χ3n) is 3.12. The third kappa shape index (κ3) is 2.71. The average Bonchev–Trinajstić information content (AvgIpc) is 2.60. The Bertz CT molecular complexity index is 647. The second-order valence-corrected chi connectivity index (χ2v) is 5.37. The Kier molecular flexibility index (Phi) is 3.75. The van der Waals surface area contributed by atoms with Crippen molar-refractivity contribution < 1.29 is 9.90 Å². The van der Waals surface area contributed by atoms with Crippen molar-refractivity contribution in [2.24, 2.45) is 7.05 Å². The number of aryl methyl sites for hydroxylation is 2. The zero-order valence-electron chi connectivity index (χ0n) is 11.1. The van der Waals surface area contributed by atoms with Crippen LogP contribution in [0.3, 0.4) is 0 Å². The number of hydrogen-bond donors (Lipinski definition) is 1. The molecule has 0 radical (unpaired) electrons. The molecule has 0 amide bonds. The number of aliphatic carboxylic acids is 1. The van der Waals surface area contributed by atoms with Gasteiger partial charge in [-0.05, 0) is 41.4 Å². The number of benzene rings is 1. The standard InChI is InChI=1S/C14H15BrN2O2/c1-8-4-5-9(2)10(6-8)14-16-13(15)11(17(14)3)7-12(18)19/h4-6H,7H2,1-3H3,(H,18,19). The van der Waals surface area contributed by atoms with Crippen molar-refractivity contribution in [3.05, 3.63) is 39.6 Å². The lowest BCUT2D eigenvalue weighted by molar-refractivity contribution is -0.136. The molecule has 4 nitrogen and oxygen atoms in total. The summed E-state index contributed by atoms with van der Waals surface area (Å²) < 4.78 is 2.42. The molecule has 0 bridgehead atoms. The molecule has 1 aromatic heterocycles. The van der Waals surface area contributed by atoms with Crippen LogP contribution in [0.2, 0.25) is 0 Å². The first-order valence-electron chi connectivity index (χ1n) is 5.90. The van der Waals surface area contributed by atoms with Crippen LogP contribution < -0.4 is 0 Å². The molecule has 1 heterocycles. The lowest BCUT2D eigenvalue weighted by Gasteiger charge is -2.08. The summed E-state index contributed by atoms with van der Waals surface area (Å²) in [6, 6.07) is 6.16. The summed E-state index contributed by atoms with van der Waals surface area (Å²) in [5, 5.41) is 8.93. The van der Waals surface area contributed by atoms with E-state index in [2.05, 4.69) is 33.0 Å². The monoisotopic (exact) mass is 322 g/mol. The van der Waals surface area contributed by atoms with E-state index < -0.39 is 5.97 Å². The van der Waals surface area contributed by atoms with Gasteiger partial charge in [-0.1, -0.05) is 17.7 Å². The fourth-order valence-corrected chi connectivity index (χ4v) is 2.63. The Morgan fingerprint density at radius 3 is 2.74 bits per heavy atom. The van der Waals surface area contributed by atoms with E-state index in [-0.39, 0.29) is 6.42 Å². The first-order chi connectivity index (χ1) is 8.90. The van der Waals surface area contributed by atoms with Crippen molar-refractivity contribution in [3.63, 3.8) is 0 Å². The van der Waals surface area contributed by atoms with Crippen LogP contribution in [0, 0.1) is 13.8 Å². The molecule has 0 saturated heterocycles. The van der Waals surface area contributed by atoms with E-state index in [0.29, 0.717) is 10.3 Å². The Morgan fingerprint density at radius 2 is 2.11 bits per heavy atom. The molecular formula is C14H15BrN2O2. The van der Waals surface area contributed by atoms with Crippen molar-refractivity contribution >= 4 is 21.9 Å². The van der Waals surface area contributed by atoms with Gasteiger partial charge in [0.05, 0.1) is 12.1 Å². The van der Waals surface area contributed by atoms with Gasteiger partial charge in [0.25, 0.3) is 0 Å². The average molecular weight is 323 g/mol. The molecule has 0 saturated carbocycles. The molecule has 2 aromatic rings. The molecule has 1 aromatic carbocycles. The molecule has 0 unspecified atom stereocenters. The number of carboxylic acids is 1. The van der Waals surface area contributed by atoms with Crippen LogP contribution in [0.4, 0.5) is 0 Å². The maximum absolute atomic E-state index is 10.9. The van der Waals surface area contributed by atoms with Crippen LogP contribution >= 0.6 is 15.9 Å². The summed E-state index contributed by atoms with van der Waals surface area (Å²) in [6.45, 7) is 4.05. The van der Waals surface area contributed by atoms with Crippen molar-refractivity contribution in [1.29, 1.82) is 0 Å². The van der Waals surface area contributed by atoms with Gasteiger partial charge in [-0.25, -0.2) is 4.98 Å². The van der Waals surface area contributed by atoms with Crippen molar-refractivity contribution in [1.82, 2.24) is 9.55 Å². The highest BCUT2D eigenvalue weighted by Crippen LogP contribution is 2.28. The van der Waals surface area contributed by atoms with Crippen molar-refractivity contribution in [2.75, 3.05) is 0 Å². The van der Waals surface area contributed by atoms with Crippen LogP contribution in [0.15, 0.2) is 22.8 Å². The molecular weight excluding hydrogens is 308 g/mol. The molecule has 0 aliphatic heterocycles. The largest absolute Gasteiger partial charge is 0.481 e. The SMILES string of the molecule is Cc1ccc(C)c(-c2nc(Br)c(CC(=O)O)n2C)c1. The number of hydrogen-bond acceptors (Lipinski definition) is 2. The maximum Gasteiger partial charge on any atom is 0.309 e. The van der Waals surface area contributed by atoms with Gasteiger partial charge >= 0.3 is 5.97 Å². The number of halogens is 1. The lowest BCUT2D eigenvalue weighted by Crippen LogP contribution is -2.06. The molecule has 2 rings (SSSR count). The van der Waals surface area contributed by atoms with Gasteiger partial charge in [0.1, 0.15) is 10.4 Å². The molecule has 5 heteroatoms. The molecule has 0 aliphatic carbocycles. The Morgan fingerprint density at radius 1 is 1.42 bits per heavy atom. The van der Waals surface area contributed by atoms with E-state index in [4.69, 9.17) is 5.11 Å². The van der Waals surface area contributed by atoms with Gasteiger partial charge in [0, 0.05) is 12.6 Å². The normalized spacial score (nSPS) is 10.7. The maximum atomic E-state index is 10.9. The second-order valence-electron chi connectivity index (χ2n) is 4.62. The first kappa shape index (κ1) is 13.8. The topological polar surface area (TPSA) is 55.1 Å². The number of nitrogens with zero attached hydrogens (tertiary/aromatic N) is 2. The van der Waals surface area contributed by atoms with Crippen LogP contribution in [0.1, 0.15) is 16.8 Å². The lowest BCUT2D eigenvalue weighted by atomic mass is 10.1. The molecule has 0 fully saturated rings. The third-order valence-corrected chi connectivity index (χ3v) is 3.75. The molecule has 0 spiro atoms. The minimum Gasteiger partial charge on any atom is -0.481 e. The molecule has 0 aliphatic rings. The number of rotatable bonds is 3. The van der Waals surface area contributed by atoms with Crippen LogP contribution in [0.25, 0.3) is 11.4 Å². The van der Waals surface area contributed by atoms with E-state index >= 15 is 0 Å². The molecule has 19 heavy (non-hydrogen) atoms. The van der Waals surface area contributed by atoms with Gasteiger partial charge < -0.3 is 9.67 Å². The Hall–Kier alpha value is -1.62. The van der Waals surface area contributed by atoms with Crippen LogP contribution in [-0.4, -0.2) is 20.6 Å². The smallest absolute Gasteiger partial charge is 0.309 e.